The Labute approximate surface area is 146 Å². The van der Waals surface area contributed by atoms with Gasteiger partial charge >= 0.3 is 6.03 Å². The minimum absolute atomic E-state index is 0.233. The number of amides is 2. The molecule has 2 aromatic rings. The number of aromatic nitrogens is 4. The minimum atomic E-state index is -0.233. The fraction of sp³-hybridized carbons (Fsp3) is 0.647. The summed E-state index contributed by atoms with van der Waals surface area (Å²) in [5.41, 5.74) is 1.44. The highest BCUT2D eigenvalue weighted by Crippen LogP contribution is 2.44. The molecule has 25 heavy (non-hydrogen) atoms. The van der Waals surface area contributed by atoms with Gasteiger partial charge in [0.2, 0.25) is 0 Å². The summed E-state index contributed by atoms with van der Waals surface area (Å²) in [4.78, 5) is 12.2. The van der Waals surface area contributed by atoms with Crippen LogP contribution in [0.3, 0.4) is 0 Å². The second-order valence-corrected chi connectivity index (χ2v) is 6.91. The number of nitrogens with one attached hydrogen (secondary N) is 2. The van der Waals surface area contributed by atoms with Gasteiger partial charge < -0.3 is 19.7 Å². The van der Waals surface area contributed by atoms with Crippen molar-refractivity contribution in [2.24, 2.45) is 0 Å². The van der Waals surface area contributed by atoms with E-state index in [0.29, 0.717) is 18.9 Å². The largest absolute Gasteiger partial charge is 0.359 e. The van der Waals surface area contributed by atoms with E-state index in [2.05, 4.69) is 30.6 Å². The average Bonchev–Trinajstić information content (AvgIpc) is 3.34. The zero-order valence-corrected chi connectivity index (χ0v) is 14.5. The molecule has 1 aliphatic heterocycles. The molecule has 0 unspecified atom stereocenters. The van der Waals surface area contributed by atoms with Crippen LogP contribution in [0.1, 0.15) is 61.1 Å². The van der Waals surface area contributed by atoms with Crippen LogP contribution in [0.15, 0.2) is 4.52 Å². The molecular formula is C17H24N6O2. The van der Waals surface area contributed by atoms with Crippen LogP contribution >= 0.6 is 0 Å². The van der Waals surface area contributed by atoms with Crippen molar-refractivity contribution in [2.75, 3.05) is 11.9 Å². The Morgan fingerprint density at radius 1 is 1.28 bits per heavy atom. The molecule has 0 spiro atoms. The maximum absolute atomic E-state index is 12.2. The van der Waals surface area contributed by atoms with Crippen LogP contribution in [0, 0.1) is 6.92 Å². The molecular weight excluding hydrogens is 320 g/mol. The van der Waals surface area contributed by atoms with Gasteiger partial charge in [-0.1, -0.05) is 11.6 Å². The highest BCUT2D eigenvalue weighted by atomic mass is 16.5. The van der Waals surface area contributed by atoms with Gasteiger partial charge in [0.05, 0.1) is 0 Å². The summed E-state index contributed by atoms with van der Waals surface area (Å²) < 4.78 is 7.55. The lowest BCUT2D eigenvalue weighted by atomic mass is 10.2. The van der Waals surface area contributed by atoms with E-state index < -0.39 is 0 Å². The zero-order chi connectivity index (χ0) is 17.2. The van der Waals surface area contributed by atoms with E-state index in [0.717, 1.165) is 54.6 Å². The third kappa shape index (κ3) is 3.52. The molecule has 2 aromatic heterocycles. The van der Waals surface area contributed by atoms with Gasteiger partial charge in [-0.25, -0.2) is 4.79 Å². The zero-order valence-electron chi connectivity index (χ0n) is 14.5. The topological polar surface area (TPSA) is 97.9 Å². The van der Waals surface area contributed by atoms with E-state index in [1.165, 1.54) is 19.3 Å². The Morgan fingerprint density at radius 3 is 3.00 bits per heavy atom. The summed E-state index contributed by atoms with van der Waals surface area (Å²) in [5, 5.41) is 18.3. The van der Waals surface area contributed by atoms with Gasteiger partial charge in [-0.2, -0.15) is 0 Å². The number of fused-ring (bicyclic) bond motifs is 1. The molecule has 2 N–H and O–H groups in total. The number of urea groups is 1. The van der Waals surface area contributed by atoms with Gasteiger partial charge in [0.15, 0.2) is 5.76 Å². The lowest BCUT2D eigenvalue weighted by Crippen LogP contribution is -2.31. The highest BCUT2D eigenvalue weighted by molar-refractivity contribution is 5.90. The Morgan fingerprint density at radius 2 is 2.16 bits per heavy atom. The number of nitrogens with zero attached hydrogens (tertiary/aromatic N) is 4. The summed E-state index contributed by atoms with van der Waals surface area (Å²) in [5.74, 6) is 3.24. The van der Waals surface area contributed by atoms with E-state index in [1.54, 1.807) is 0 Å². The molecule has 1 fully saturated rings. The van der Waals surface area contributed by atoms with Gasteiger partial charge in [-0.15, -0.1) is 10.2 Å². The molecule has 134 valence electrons. The first-order valence-corrected chi connectivity index (χ1v) is 9.14. The maximum Gasteiger partial charge on any atom is 0.319 e. The first-order valence-electron chi connectivity index (χ1n) is 9.14. The predicted octanol–water partition coefficient (Wildman–Crippen LogP) is 2.54. The van der Waals surface area contributed by atoms with E-state index in [4.69, 9.17) is 4.52 Å². The number of aryl methyl sites for hydroxylation is 2. The second-order valence-electron chi connectivity index (χ2n) is 6.91. The van der Waals surface area contributed by atoms with Crippen LogP contribution in [0.4, 0.5) is 10.5 Å². The van der Waals surface area contributed by atoms with Crippen molar-refractivity contribution >= 4 is 11.7 Å². The predicted molar refractivity (Wildman–Crippen MR) is 91.5 cm³/mol. The van der Waals surface area contributed by atoms with Crippen molar-refractivity contribution in [1.82, 2.24) is 25.2 Å². The quantitative estimate of drug-likeness (QED) is 0.868. The van der Waals surface area contributed by atoms with Crippen LogP contribution in [-0.4, -0.2) is 32.5 Å². The number of anilines is 1. The first-order chi connectivity index (χ1) is 12.2. The minimum Gasteiger partial charge on any atom is -0.359 e. The van der Waals surface area contributed by atoms with Crippen LogP contribution in [0.2, 0.25) is 0 Å². The smallest absolute Gasteiger partial charge is 0.319 e. The first kappa shape index (κ1) is 16.1. The summed E-state index contributed by atoms with van der Waals surface area (Å²) in [6.45, 7) is 3.35. The fourth-order valence-corrected chi connectivity index (χ4v) is 3.34. The SMILES string of the molecule is Cc1noc(C2CC2)c1NC(=O)NCCc1nnc2n1CCCCC2. The van der Waals surface area contributed by atoms with E-state index in [-0.39, 0.29) is 6.03 Å². The molecule has 3 heterocycles. The molecule has 8 nitrogen and oxygen atoms in total. The van der Waals surface area contributed by atoms with Crippen molar-refractivity contribution in [3.8, 4) is 0 Å². The van der Waals surface area contributed by atoms with E-state index in [1.807, 2.05) is 6.92 Å². The molecule has 4 rings (SSSR count). The summed E-state index contributed by atoms with van der Waals surface area (Å²) in [7, 11) is 0. The molecule has 0 radical (unpaired) electrons. The van der Waals surface area contributed by atoms with Crippen molar-refractivity contribution in [2.45, 2.75) is 64.3 Å². The summed E-state index contributed by atoms with van der Waals surface area (Å²) in [6, 6.07) is -0.233. The molecule has 1 aliphatic carbocycles. The van der Waals surface area contributed by atoms with Crippen LogP contribution in [0.25, 0.3) is 0 Å². The number of carbonyl (C=O) groups excluding carboxylic acids is 1. The fourth-order valence-electron chi connectivity index (χ4n) is 3.34. The lowest BCUT2D eigenvalue weighted by Gasteiger charge is -2.09. The van der Waals surface area contributed by atoms with Crippen molar-refractivity contribution in [1.29, 1.82) is 0 Å². The van der Waals surface area contributed by atoms with Crippen molar-refractivity contribution < 1.29 is 9.32 Å². The third-order valence-corrected chi connectivity index (χ3v) is 4.90. The molecule has 0 bridgehead atoms. The molecule has 1 saturated carbocycles. The van der Waals surface area contributed by atoms with Crippen molar-refractivity contribution in [3.63, 3.8) is 0 Å². The van der Waals surface area contributed by atoms with Gasteiger partial charge in [-0.3, -0.25) is 0 Å². The standard InChI is InChI=1S/C17H24N6O2/c1-11-15(16(25-22-11)12-6-7-12)19-17(24)18-9-8-14-21-20-13-5-3-2-4-10-23(13)14/h12H,2-10H2,1H3,(H2,18,19,24). The molecule has 0 atom stereocenters. The van der Waals surface area contributed by atoms with Gasteiger partial charge in [0, 0.05) is 31.8 Å². The number of hydrogen-bond donors (Lipinski definition) is 2. The lowest BCUT2D eigenvalue weighted by molar-refractivity contribution is 0.252. The summed E-state index contributed by atoms with van der Waals surface area (Å²) in [6.07, 6.45) is 7.47. The van der Waals surface area contributed by atoms with E-state index >= 15 is 0 Å². The normalized spacial score (nSPS) is 17.0. The van der Waals surface area contributed by atoms with Gasteiger partial charge in [-0.05, 0) is 32.6 Å². The third-order valence-electron chi connectivity index (χ3n) is 4.90. The van der Waals surface area contributed by atoms with Crippen LogP contribution < -0.4 is 10.6 Å². The molecule has 2 aliphatic rings. The average molecular weight is 344 g/mol. The summed E-state index contributed by atoms with van der Waals surface area (Å²) >= 11 is 0. The number of rotatable bonds is 5. The Hall–Kier alpha value is -2.38. The molecule has 8 heteroatoms. The maximum atomic E-state index is 12.2. The molecule has 0 aromatic carbocycles. The Bertz CT molecular complexity index is 761. The van der Waals surface area contributed by atoms with Gasteiger partial charge in [0.1, 0.15) is 23.0 Å². The number of hydrogen-bond acceptors (Lipinski definition) is 5. The monoisotopic (exact) mass is 344 g/mol. The van der Waals surface area contributed by atoms with E-state index in [9.17, 15) is 4.79 Å². The van der Waals surface area contributed by atoms with Crippen LogP contribution in [0.5, 0.6) is 0 Å². The van der Waals surface area contributed by atoms with Crippen molar-refractivity contribution in [3.05, 3.63) is 23.1 Å². The molecule has 2 amide bonds. The highest BCUT2D eigenvalue weighted by Gasteiger charge is 2.32. The van der Waals surface area contributed by atoms with Gasteiger partial charge in [0.25, 0.3) is 0 Å². The number of carbonyl (C=O) groups is 1. The second kappa shape index (κ2) is 6.85. The Kier molecular flexibility index (Phi) is 4.42. The molecule has 0 saturated heterocycles. The Balaban J connectivity index is 1.31. The van der Waals surface area contributed by atoms with Crippen LogP contribution in [-0.2, 0) is 19.4 Å².